The van der Waals surface area contributed by atoms with Crippen LogP contribution in [0.25, 0.3) is 20.8 Å². The molecule has 0 amide bonds. The maximum absolute atomic E-state index is 9.31. The van der Waals surface area contributed by atoms with E-state index in [1.165, 1.54) is 17.6 Å². The lowest BCUT2D eigenvalue weighted by molar-refractivity contribution is 0.556. The molecular weight excluding hydrogens is 280 g/mol. The predicted molar refractivity (Wildman–Crippen MR) is 76.6 cm³/mol. The fourth-order valence-corrected chi connectivity index (χ4v) is 2.96. The lowest BCUT2D eigenvalue weighted by atomic mass is 10.2. The van der Waals surface area contributed by atoms with Gasteiger partial charge in [0.15, 0.2) is 0 Å². The molecule has 0 fully saturated rings. The van der Waals surface area contributed by atoms with Gasteiger partial charge in [-0.15, -0.1) is 11.3 Å². The highest BCUT2D eigenvalue weighted by Gasteiger charge is 2.15. The summed E-state index contributed by atoms with van der Waals surface area (Å²) in [6, 6.07) is 13.3. The number of furan rings is 1. The first-order chi connectivity index (χ1) is 9.29. The predicted octanol–water partition coefficient (Wildman–Crippen LogP) is 4.52. The molecule has 0 unspecified atom stereocenters. The lowest BCUT2D eigenvalue weighted by Crippen LogP contribution is -1.83. The van der Waals surface area contributed by atoms with Gasteiger partial charge in [0, 0.05) is 0 Å². The van der Waals surface area contributed by atoms with Crippen LogP contribution in [0.5, 0.6) is 0 Å². The minimum Gasteiger partial charge on any atom is -0.463 e. The van der Waals surface area contributed by atoms with Crippen LogP contribution in [0.3, 0.4) is 0 Å². The number of fused-ring (bicyclic) bond motifs is 1. The van der Waals surface area contributed by atoms with Crippen LogP contribution in [0.15, 0.2) is 47.1 Å². The number of nitriles is 1. The second kappa shape index (κ2) is 4.88. The van der Waals surface area contributed by atoms with Gasteiger partial charge in [0.25, 0.3) is 0 Å². The number of thiazole rings is 1. The fourth-order valence-electron chi connectivity index (χ4n) is 1.70. The SMILES string of the molecule is N#C/C(=C(\Cl)c1ccco1)c1nc2ccccc2s1. The highest BCUT2D eigenvalue weighted by molar-refractivity contribution is 7.19. The summed E-state index contributed by atoms with van der Waals surface area (Å²) in [6.45, 7) is 0. The van der Waals surface area contributed by atoms with Gasteiger partial charge in [-0.25, -0.2) is 4.98 Å². The summed E-state index contributed by atoms with van der Waals surface area (Å²) in [6.07, 6.45) is 1.52. The highest BCUT2D eigenvalue weighted by atomic mass is 35.5. The molecule has 0 aliphatic carbocycles. The Hall–Kier alpha value is -2.09. The van der Waals surface area contributed by atoms with Crippen molar-refractivity contribution < 1.29 is 4.42 Å². The Morgan fingerprint density at radius 1 is 1.26 bits per heavy atom. The van der Waals surface area contributed by atoms with Gasteiger partial charge in [0.1, 0.15) is 27.4 Å². The standard InChI is InChI=1S/C14H7ClN2OS/c15-13(11-5-3-7-18-11)9(8-16)14-17-10-4-1-2-6-12(10)19-14/h1-7H/b13-9+. The number of hydrogen-bond acceptors (Lipinski definition) is 4. The number of allylic oxidation sites excluding steroid dienone is 1. The normalized spacial score (nSPS) is 12.2. The van der Waals surface area contributed by atoms with Gasteiger partial charge in [0.2, 0.25) is 0 Å². The maximum atomic E-state index is 9.31. The molecule has 3 aromatic rings. The van der Waals surface area contributed by atoms with Crippen molar-refractivity contribution in [3.05, 3.63) is 53.4 Å². The maximum Gasteiger partial charge on any atom is 0.146 e. The molecule has 0 saturated heterocycles. The zero-order valence-corrected chi connectivity index (χ0v) is 11.2. The molecule has 0 spiro atoms. The van der Waals surface area contributed by atoms with Crippen LogP contribution in [-0.2, 0) is 0 Å². The summed E-state index contributed by atoms with van der Waals surface area (Å²) >= 11 is 7.64. The number of nitrogens with zero attached hydrogens (tertiary/aromatic N) is 2. The third-order valence-electron chi connectivity index (χ3n) is 2.58. The van der Waals surface area contributed by atoms with E-state index >= 15 is 0 Å². The van der Waals surface area contributed by atoms with Crippen LogP contribution in [0.2, 0.25) is 0 Å². The summed E-state index contributed by atoms with van der Waals surface area (Å²) in [7, 11) is 0. The minimum atomic E-state index is 0.284. The molecule has 1 aromatic carbocycles. The topological polar surface area (TPSA) is 49.8 Å². The van der Waals surface area contributed by atoms with Gasteiger partial charge in [-0.2, -0.15) is 5.26 Å². The van der Waals surface area contributed by atoms with Crippen LogP contribution in [0.1, 0.15) is 10.8 Å². The summed E-state index contributed by atoms with van der Waals surface area (Å²) < 4.78 is 6.23. The van der Waals surface area contributed by atoms with E-state index in [1.807, 2.05) is 24.3 Å². The Morgan fingerprint density at radius 2 is 2.11 bits per heavy atom. The molecule has 0 aliphatic heterocycles. The summed E-state index contributed by atoms with van der Waals surface area (Å²) in [4.78, 5) is 4.43. The van der Waals surface area contributed by atoms with Crippen molar-refractivity contribution in [1.82, 2.24) is 4.98 Å². The number of rotatable bonds is 2. The smallest absolute Gasteiger partial charge is 0.146 e. The molecular formula is C14H7ClN2OS. The monoisotopic (exact) mass is 286 g/mol. The van der Waals surface area contributed by atoms with E-state index in [2.05, 4.69) is 11.1 Å². The molecule has 0 saturated carbocycles. The van der Waals surface area contributed by atoms with Gasteiger partial charge < -0.3 is 4.42 Å². The van der Waals surface area contributed by atoms with E-state index in [1.54, 1.807) is 12.1 Å². The largest absolute Gasteiger partial charge is 0.463 e. The molecule has 2 aromatic heterocycles. The van der Waals surface area contributed by atoms with Crippen molar-refractivity contribution in [1.29, 1.82) is 5.26 Å². The molecule has 0 radical (unpaired) electrons. The Bertz CT molecular complexity index is 763. The van der Waals surface area contributed by atoms with Crippen LogP contribution >= 0.6 is 22.9 Å². The van der Waals surface area contributed by atoms with Crippen molar-refractivity contribution in [3.63, 3.8) is 0 Å². The van der Waals surface area contributed by atoms with Crippen molar-refractivity contribution in [2.75, 3.05) is 0 Å². The minimum absolute atomic E-state index is 0.284. The molecule has 0 bridgehead atoms. The van der Waals surface area contributed by atoms with E-state index in [9.17, 15) is 5.26 Å². The number of para-hydroxylation sites is 1. The van der Waals surface area contributed by atoms with Crippen molar-refractivity contribution in [3.8, 4) is 6.07 Å². The third kappa shape index (κ3) is 2.14. The van der Waals surface area contributed by atoms with E-state index < -0.39 is 0 Å². The number of hydrogen-bond donors (Lipinski definition) is 0. The van der Waals surface area contributed by atoms with Gasteiger partial charge in [-0.05, 0) is 24.3 Å². The third-order valence-corrected chi connectivity index (χ3v) is 4.01. The number of halogens is 1. The number of aromatic nitrogens is 1. The van der Waals surface area contributed by atoms with E-state index in [-0.39, 0.29) is 5.03 Å². The van der Waals surface area contributed by atoms with Crippen molar-refractivity contribution in [2.45, 2.75) is 0 Å². The Morgan fingerprint density at radius 3 is 2.79 bits per heavy atom. The summed E-state index contributed by atoms with van der Waals surface area (Å²) in [5, 5.41) is 10.2. The van der Waals surface area contributed by atoms with Gasteiger partial charge in [-0.1, -0.05) is 23.7 Å². The first-order valence-electron chi connectivity index (χ1n) is 5.49. The fraction of sp³-hybridized carbons (Fsp3) is 0. The van der Waals surface area contributed by atoms with Crippen LogP contribution in [-0.4, -0.2) is 4.98 Å². The van der Waals surface area contributed by atoms with Crippen LogP contribution < -0.4 is 0 Å². The van der Waals surface area contributed by atoms with E-state index in [4.69, 9.17) is 16.0 Å². The first-order valence-corrected chi connectivity index (χ1v) is 6.69. The zero-order valence-electron chi connectivity index (χ0n) is 9.63. The van der Waals surface area contributed by atoms with Gasteiger partial charge >= 0.3 is 0 Å². The molecule has 3 nitrogen and oxygen atoms in total. The average Bonchev–Trinajstić information content (AvgIpc) is 3.08. The molecule has 5 heteroatoms. The molecule has 0 aliphatic rings. The molecule has 0 N–H and O–H groups in total. The summed E-state index contributed by atoms with van der Waals surface area (Å²) in [5.41, 5.74) is 1.19. The van der Waals surface area contributed by atoms with E-state index in [0.717, 1.165) is 10.2 Å². The van der Waals surface area contributed by atoms with Gasteiger partial charge in [-0.3, -0.25) is 0 Å². The molecule has 19 heavy (non-hydrogen) atoms. The summed E-state index contributed by atoms with van der Waals surface area (Å²) in [5.74, 6) is 0.470. The second-order valence-electron chi connectivity index (χ2n) is 3.76. The number of benzene rings is 1. The van der Waals surface area contributed by atoms with E-state index in [0.29, 0.717) is 16.3 Å². The van der Waals surface area contributed by atoms with Crippen molar-refractivity contribution in [2.24, 2.45) is 0 Å². The Labute approximate surface area is 118 Å². The van der Waals surface area contributed by atoms with Crippen LogP contribution in [0.4, 0.5) is 0 Å². The molecule has 0 atom stereocenters. The molecule has 2 heterocycles. The molecule has 3 rings (SSSR count). The highest BCUT2D eigenvalue weighted by Crippen LogP contribution is 2.33. The lowest BCUT2D eigenvalue weighted by Gasteiger charge is -1.96. The average molecular weight is 287 g/mol. The Kier molecular flexibility index (Phi) is 3.08. The van der Waals surface area contributed by atoms with Gasteiger partial charge in [0.05, 0.1) is 16.5 Å². The zero-order chi connectivity index (χ0) is 13.2. The quantitative estimate of drug-likeness (QED) is 0.651. The first kappa shape index (κ1) is 12.0. The molecule has 92 valence electrons. The second-order valence-corrected chi connectivity index (χ2v) is 5.17. The van der Waals surface area contributed by atoms with Crippen molar-refractivity contribution >= 4 is 43.8 Å². The van der Waals surface area contributed by atoms with Crippen LogP contribution in [0, 0.1) is 11.3 Å². The Balaban J connectivity index is 2.18.